The summed E-state index contributed by atoms with van der Waals surface area (Å²) in [5.74, 6) is 1.50. The van der Waals surface area contributed by atoms with E-state index < -0.39 is 0 Å². The number of hydrogen-bond acceptors (Lipinski definition) is 3. The normalized spacial score (nSPS) is 21.4. The molecule has 4 nitrogen and oxygen atoms in total. The Morgan fingerprint density at radius 2 is 2.14 bits per heavy atom. The number of carbonyl (C=O) groups excluding carboxylic acids is 1. The van der Waals surface area contributed by atoms with Crippen LogP contribution in [-0.2, 0) is 13.5 Å². The predicted octanol–water partition coefficient (Wildman–Crippen LogP) is 2.66. The van der Waals surface area contributed by atoms with Crippen molar-refractivity contribution in [3.63, 3.8) is 0 Å². The average Bonchev–Trinajstić information content (AvgIpc) is 3.05. The van der Waals surface area contributed by atoms with Crippen LogP contribution in [0.3, 0.4) is 0 Å². The van der Waals surface area contributed by atoms with E-state index in [4.69, 9.17) is 0 Å². The van der Waals surface area contributed by atoms with Crippen LogP contribution in [0.15, 0.2) is 29.3 Å². The van der Waals surface area contributed by atoms with Crippen LogP contribution >= 0.6 is 0 Å². The fourth-order valence-corrected chi connectivity index (χ4v) is 3.92. The van der Waals surface area contributed by atoms with Gasteiger partial charge in [0.15, 0.2) is 5.78 Å². The van der Waals surface area contributed by atoms with Crippen molar-refractivity contribution < 1.29 is 4.79 Å². The largest absolute Gasteiger partial charge is 0.358 e. The van der Waals surface area contributed by atoms with E-state index in [2.05, 4.69) is 33.6 Å². The van der Waals surface area contributed by atoms with Crippen molar-refractivity contribution in [2.75, 3.05) is 19.6 Å². The van der Waals surface area contributed by atoms with E-state index in [0.717, 1.165) is 49.3 Å². The van der Waals surface area contributed by atoms with Gasteiger partial charge < -0.3 is 9.47 Å². The quantitative estimate of drug-likeness (QED) is 0.854. The Kier molecular flexibility index (Phi) is 3.06. The van der Waals surface area contributed by atoms with E-state index in [0.29, 0.717) is 5.78 Å². The number of Topliss-reactive ketones (excluding diaryl/α,β-unsaturated/α-hetero) is 1. The molecule has 22 heavy (non-hydrogen) atoms. The summed E-state index contributed by atoms with van der Waals surface area (Å²) in [5, 5.41) is 1.11. The summed E-state index contributed by atoms with van der Waals surface area (Å²) in [6, 6.07) is 8.25. The maximum Gasteiger partial charge on any atom is 0.170 e. The number of benzene rings is 1. The van der Waals surface area contributed by atoms with Gasteiger partial charge in [-0.25, -0.2) is 0 Å². The molecule has 0 radical (unpaired) electrons. The Balaban J connectivity index is 1.71. The van der Waals surface area contributed by atoms with Crippen molar-refractivity contribution in [1.82, 2.24) is 9.47 Å². The Hall–Kier alpha value is -2.10. The van der Waals surface area contributed by atoms with E-state index in [9.17, 15) is 4.79 Å². The molecular formula is C18H21N3O. The number of nitrogens with zero attached hydrogens (tertiary/aromatic N) is 3. The van der Waals surface area contributed by atoms with Crippen molar-refractivity contribution in [3.8, 4) is 0 Å². The number of carbonyl (C=O) groups is 1. The number of ketones is 1. The van der Waals surface area contributed by atoms with Gasteiger partial charge in [-0.3, -0.25) is 9.79 Å². The van der Waals surface area contributed by atoms with Crippen molar-refractivity contribution in [1.29, 1.82) is 0 Å². The Morgan fingerprint density at radius 3 is 2.91 bits per heavy atom. The molecule has 1 aromatic carbocycles. The molecule has 2 aliphatic rings. The smallest absolute Gasteiger partial charge is 0.170 e. The lowest BCUT2D eigenvalue weighted by molar-refractivity contribution is 0.0885. The lowest BCUT2D eigenvalue weighted by Crippen LogP contribution is -2.37. The summed E-state index contributed by atoms with van der Waals surface area (Å²) < 4.78 is 2.20. The number of aryl methyl sites for hydroxylation is 1. The lowest BCUT2D eigenvalue weighted by atomic mass is 9.84. The number of rotatable bonds is 2. The standard InChI is InChI=1S/C18H21N3O/c1-12-19-9-10-21(12)11-13-7-8-16-17(18(13)22)14-5-3-4-6-15(14)20(16)2/h3-6,13H,7-11H2,1-2H3. The summed E-state index contributed by atoms with van der Waals surface area (Å²) in [6.07, 6.45) is 1.93. The van der Waals surface area contributed by atoms with Gasteiger partial charge in [-0.2, -0.15) is 0 Å². The number of hydrogen-bond donors (Lipinski definition) is 0. The molecule has 0 fully saturated rings. The van der Waals surface area contributed by atoms with Crippen molar-refractivity contribution in [2.24, 2.45) is 18.0 Å². The first-order valence-corrected chi connectivity index (χ1v) is 8.03. The Morgan fingerprint density at radius 1 is 1.32 bits per heavy atom. The average molecular weight is 295 g/mol. The molecule has 1 aliphatic carbocycles. The molecule has 114 valence electrons. The number of aromatic nitrogens is 1. The maximum absolute atomic E-state index is 13.1. The highest BCUT2D eigenvalue weighted by atomic mass is 16.1. The molecule has 2 heterocycles. The number of amidine groups is 1. The first kappa shape index (κ1) is 13.6. The molecule has 0 spiro atoms. The molecule has 0 amide bonds. The van der Waals surface area contributed by atoms with E-state index in [1.54, 1.807) is 0 Å². The lowest BCUT2D eigenvalue weighted by Gasteiger charge is -2.27. The van der Waals surface area contributed by atoms with Crippen LogP contribution in [0, 0.1) is 5.92 Å². The van der Waals surface area contributed by atoms with Crippen LogP contribution in [-0.4, -0.2) is 40.7 Å². The van der Waals surface area contributed by atoms with Gasteiger partial charge in [-0.05, 0) is 25.8 Å². The van der Waals surface area contributed by atoms with Crippen LogP contribution in [0.25, 0.3) is 10.9 Å². The van der Waals surface area contributed by atoms with E-state index in [1.165, 1.54) is 11.2 Å². The van der Waals surface area contributed by atoms with E-state index in [-0.39, 0.29) is 5.92 Å². The fraction of sp³-hybridized carbons (Fsp3) is 0.444. The molecule has 2 aromatic rings. The highest BCUT2D eigenvalue weighted by Gasteiger charge is 2.33. The zero-order valence-electron chi connectivity index (χ0n) is 13.2. The number of aliphatic imine (C=N–C) groups is 1. The van der Waals surface area contributed by atoms with Gasteiger partial charge in [-0.15, -0.1) is 0 Å². The molecule has 0 saturated carbocycles. The SMILES string of the molecule is CC1=NCCN1CC1CCc2c(c3ccccc3n2C)C1=O. The Bertz CT molecular complexity index is 787. The molecule has 0 saturated heterocycles. The first-order valence-electron chi connectivity index (χ1n) is 8.03. The molecule has 4 rings (SSSR count). The molecule has 0 bridgehead atoms. The maximum atomic E-state index is 13.1. The zero-order chi connectivity index (χ0) is 15.3. The summed E-state index contributed by atoms with van der Waals surface area (Å²) >= 11 is 0. The van der Waals surface area contributed by atoms with Crippen molar-refractivity contribution >= 4 is 22.5 Å². The van der Waals surface area contributed by atoms with Crippen LogP contribution in [0.1, 0.15) is 29.4 Å². The highest BCUT2D eigenvalue weighted by molar-refractivity contribution is 6.11. The third-order valence-electron chi connectivity index (χ3n) is 5.18. The second kappa shape index (κ2) is 4.97. The van der Waals surface area contributed by atoms with Crippen LogP contribution < -0.4 is 0 Å². The molecule has 1 atom stereocenters. The first-order chi connectivity index (χ1) is 10.7. The van der Waals surface area contributed by atoms with Crippen molar-refractivity contribution in [3.05, 3.63) is 35.5 Å². The summed E-state index contributed by atoms with van der Waals surface area (Å²) in [5.41, 5.74) is 3.33. The van der Waals surface area contributed by atoms with Crippen molar-refractivity contribution in [2.45, 2.75) is 19.8 Å². The van der Waals surface area contributed by atoms with Gasteiger partial charge in [0.05, 0.1) is 12.4 Å². The zero-order valence-corrected chi connectivity index (χ0v) is 13.2. The van der Waals surface area contributed by atoms with Crippen LogP contribution in [0.4, 0.5) is 0 Å². The molecule has 0 N–H and O–H groups in total. The minimum absolute atomic E-state index is 0.0987. The van der Waals surface area contributed by atoms with Gasteiger partial charge in [0.1, 0.15) is 0 Å². The van der Waals surface area contributed by atoms with E-state index >= 15 is 0 Å². The van der Waals surface area contributed by atoms with Gasteiger partial charge >= 0.3 is 0 Å². The van der Waals surface area contributed by atoms with Gasteiger partial charge in [0.25, 0.3) is 0 Å². The molecular weight excluding hydrogens is 274 g/mol. The minimum Gasteiger partial charge on any atom is -0.358 e. The molecule has 1 unspecified atom stereocenters. The second-order valence-electron chi connectivity index (χ2n) is 6.37. The van der Waals surface area contributed by atoms with Gasteiger partial charge in [0.2, 0.25) is 0 Å². The predicted molar refractivity (Wildman–Crippen MR) is 88.6 cm³/mol. The molecule has 4 heteroatoms. The summed E-state index contributed by atoms with van der Waals surface area (Å²) in [4.78, 5) is 19.8. The monoisotopic (exact) mass is 295 g/mol. The summed E-state index contributed by atoms with van der Waals surface area (Å²) in [7, 11) is 2.08. The minimum atomic E-state index is 0.0987. The fourth-order valence-electron chi connectivity index (χ4n) is 3.92. The highest BCUT2D eigenvalue weighted by Crippen LogP contribution is 2.34. The molecule has 1 aliphatic heterocycles. The third-order valence-corrected chi connectivity index (χ3v) is 5.18. The van der Waals surface area contributed by atoms with E-state index in [1.807, 2.05) is 19.1 Å². The summed E-state index contributed by atoms with van der Waals surface area (Å²) in [6.45, 7) is 4.69. The topological polar surface area (TPSA) is 37.6 Å². The van der Waals surface area contributed by atoms with Crippen LogP contribution in [0.5, 0.6) is 0 Å². The van der Waals surface area contributed by atoms with Crippen LogP contribution in [0.2, 0.25) is 0 Å². The Labute approximate surface area is 130 Å². The molecule has 1 aromatic heterocycles. The third kappa shape index (κ3) is 1.90. The second-order valence-corrected chi connectivity index (χ2v) is 6.37. The van der Waals surface area contributed by atoms with Gasteiger partial charge in [-0.1, -0.05) is 18.2 Å². The number of fused-ring (bicyclic) bond motifs is 3. The van der Waals surface area contributed by atoms with Gasteiger partial charge in [0, 0.05) is 48.2 Å². The number of para-hydroxylation sites is 1.